The summed E-state index contributed by atoms with van der Waals surface area (Å²) in [5.74, 6) is 0.909. The van der Waals surface area contributed by atoms with Gasteiger partial charge in [0, 0.05) is 16.6 Å². The molecule has 1 aromatic carbocycles. The first-order valence-electron chi connectivity index (χ1n) is 6.88. The summed E-state index contributed by atoms with van der Waals surface area (Å²) in [6, 6.07) is 6.78. The van der Waals surface area contributed by atoms with Crippen LogP contribution in [0.1, 0.15) is 43.0 Å². The topological polar surface area (TPSA) is 15.8 Å². The van der Waals surface area contributed by atoms with E-state index in [1.54, 1.807) is 5.56 Å². The lowest BCUT2D eigenvalue weighted by molar-refractivity contribution is 0.422. The molecule has 90 valence electrons. The smallest absolute Gasteiger partial charge is 0.0459 e. The summed E-state index contributed by atoms with van der Waals surface area (Å²) in [5, 5.41) is 1.47. The van der Waals surface area contributed by atoms with Crippen molar-refractivity contribution in [1.82, 2.24) is 4.98 Å². The third-order valence-corrected chi connectivity index (χ3v) is 4.14. The number of hydrogen-bond donors (Lipinski definition) is 1. The molecule has 1 nitrogen and oxygen atoms in total. The summed E-state index contributed by atoms with van der Waals surface area (Å²) in [6.45, 7) is 4.49. The SMILES string of the molecule is CCCC1CCc2[nH]c3ccc(C)cc3c2C1. The molecule has 0 saturated heterocycles. The molecular formula is C16H21N. The van der Waals surface area contributed by atoms with Gasteiger partial charge in [-0.2, -0.15) is 0 Å². The van der Waals surface area contributed by atoms with E-state index in [1.165, 1.54) is 54.3 Å². The van der Waals surface area contributed by atoms with E-state index in [2.05, 4.69) is 37.0 Å². The average Bonchev–Trinajstić information content (AvgIpc) is 2.67. The average molecular weight is 227 g/mol. The molecule has 1 aliphatic rings. The molecule has 0 radical (unpaired) electrons. The van der Waals surface area contributed by atoms with Gasteiger partial charge in [0.25, 0.3) is 0 Å². The number of fused-ring (bicyclic) bond motifs is 3. The highest BCUT2D eigenvalue weighted by Gasteiger charge is 2.21. The molecule has 1 N–H and O–H groups in total. The van der Waals surface area contributed by atoms with Gasteiger partial charge in [0.15, 0.2) is 0 Å². The maximum absolute atomic E-state index is 3.61. The molecule has 1 heterocycles. The number of aromatic nitrogens is 1. The number of nitrogens with one attached hydrogen (secondary N) is 1. The molecule has 1 unspecified atom stereocenters. The Morgan fingerprint density at radius 1 is 1.35 bits per heavy atom. The second-order valence-corrected chi connectivity index (χ2v) is 5.53. The van der Waals surface area contributed by atoms with Gasteiger partial charge in [-0.25, -0.2) is 0 Å². The Bertz CT molecular complexity index is 536. The zero-order valence-electron chi connectivity index (χ0n) is 10.8. The van der Waals surface area contributed by atoms with Crippen molar-refractivity contribution in [2.24, 2.45) is 5.92 Å². The van der Waals surface area contributed by atoms with Gasteiger partial charge in [-0.15, -0.1) is 0 Å². The van der Waals surface area contributed by atoms with E-state index in [9.17, 15) is 0 Å². The van der Waals surface area contributed by atoms with Crippen LogP contribution in [-0.4, -0.2) is 4.98 Å². The third-order valence-electron chi connectivity index (χ3n) is 4.14. The Kier molecular flexibility index (Phi) is 2.70. The standard InChI is InChI=1S/C16H21N/c1-3-4-12-6-8-16-14(10-12)13-9-11(2)5-7-15(13)17-16/h5,7,9,12,17H,3-4,6,8,10H2,1-2H3. The van der Waals surface area contributed by atoms with Crippen LogP contribution in [0.2, 0.25) is 0 Å². The first-order chi connectivity index (χ1) is 8.28. The molecule has 0 bridgehead atoms. The summed E-state index contributed by atoms with van der Waals surface area (Å²) in [5.41, 5.74) is 5.81. The first-order valence-corrected chi connectivity index (χ1v) is 6.88. The summed E-state index contributed by atoms with van der Waals surface area (Å²) in [4.78, 5) is 3.61. The monoisotopic (exact) mass is 227 g/mol. The number of benzene rings is 1. The lowest BCUT2D eigenvalue weighted by Crippen LogP contribution is -2.13. The van der Waals surface area contributed by atoms with E-state index in [0.29, 0.717) is 0 Å². The Hall–Kier alpha value is -1.24. The fourth-order valence-corrected chi connectivity index (χ4v) is 3.26. The van der Waals surface area contributed by atoms with Crippen molar-refractivity contribution in [3.63, 3.8) is 0 Å². The van der Waals surface area contributed by atoms with Crippen molar-refractivity contribution in [2.45, 2.75) is 46.0 Å². The lowest BCUT2D eigenvalue weighted by atomic mass is 9.84. The van der Waals surface area contributed by atoms with Crippen molar-refractivity contribution in [2.75, 3.05) is 0 Å². The lowest BCUT2D eigenvalue weighted by Gasteiger charge is -2.21. The largest absolute Gasteiger partial charge is 0.358 e. The number of rotatable bonds is 2. The molecule has 0 amide bonds. The number of aryl methyl sites for hydroxylation is 2. The van der Waals surface area contributed by atoms with E-state index >= 15 is 0 Å². The van der Waals surface area contributed by atoms with Crippen molar-refractivity contribution in [3.8, 4) is 0 Å². The Balaban J connectivity index is 2.04. The second-order valence-electron chi connectivity index (χ2n) is 5.53. The summed E-state index contributed by atoms with van der Waals surface area (Å²) in [6.07, 6.45) is 6.60. The molecule has 0 spiro atoms. The van der Waals surface area contributed by atoms with Crippen LogP contribution in [0.25, 0.3) is 10.9 Å². The van der Waals surface area contributed by atoms with Crippen LogP contribution >= 0.6 is 0 Å². The fourth-order valence-electron chi connectivity index (χ4n) is 3.26. The van der Waals surface area contributed by atoms with Gasteiger partial charge in [0.1, 0.15) is 0 Å². The highest BCUT2D eigenvalue weighted by atomic mass is 14.7. The van der Waals surface area contributed by atoms with Crippen LogP contribution in [0.15, 0.2) is 18.2 Å². The van der Waals surface area contributed by atoms with E-state index in [-0.39, 0.29) is 0 Å². The van der Waals surface area contributed by atoms with E-state index in [4.69, 9.17) is 0 Å². The number of aromatic amines is 1. The van der Waals surface area contributed by atoms with Gasteiger partial charge < -0.3 is 4.98 Å². The minimum Gasteiger partial charge on any atom is -0.358 e. The van der Waals surface area contributed by atoms with E-state index in [0.717, 1.165) is 5.92 Å². The zero-order chi connectivity index (χ0) is 11.8. The predicted molar refractivity (Wildman–Crippen MR) is 73.5 cm³/mol. The molecule has 2 aromatic rings. The normalized spacial score (nSPS) is 19.5. The quantitative estimate of drug-likeness (QED) is 0.783. The first kappa shape index (κ1) is 10.9. The van der Waals surface area contributed by atoms with Gasteiger partial charge in [-0.3, -0.25) is 0 Å². The van der Waals surface area contributed by atoms with Crippen LogP contribution < -0.4 is 0 Å². The van der Waals surface area contributed by atoms with Crippen molar-refractivity contribution < 1.29 is 0 Å². The Morgan fingerprint density at radius 2 is 2.24 bits per heavy atom. The third kappa shape index (κ3) is 1.88. The van der Waals surface area contributed by atoms with Crippen molar-refractivity contribution >= 4 is 10.9 Å². The van der Waals surface area contributed by atoms with Gasteiger partial charge >= 0.3 is 0 Å². The summed E-state index contributed by atoms with van der Waals surface area (Å²) < 4.78 is 0. The van der Waals surface area contributed by atoms with Crippen LogP contribution in [0.4, 0.5) is 0 Å². The number of H-pyrrole nitrogens is 1. The van der Waals surface area contributed by atoms with E-state index in [1.807, 2.05) is 0 Å². The van der Waals surface area contributed by atoms with Crippen molar-refractivity contribution in [3.05, 3.63) is 35.0 Å². The summed E-state index contributed by atoms with van der Waals surface area (Å²) in [7, 11) is 0. The minimum absolute atomic E-state index is 0.909. The van der Waals surface area contributed by atoms with Gasteiger partial charge in [-0.05, 0) is 49.8 Å². The van der Waals surface area contributed by atoms with Gasteiger partial charge in [0.05, 0.1) is 0 Å². The van der Waals surface area contributed by atoms with Crippen LogP contribution in [0, 0.1) is 12.8 Å². The fraction of sp³-hybridized carbons (Fsp3) is 0.500. The molecule has 3 rings (SSSR count). The second kappa shape index (κ2) is 4.21. The van der Waals surface area contributed by atoms with Gasteiger partial charge in [-0.1, -0.05) is 31.4 Å². The molecule has 17 heavy (non-hydrogen) atoms. The molecule has 1 aliphatic carbocycles. The van der Waals surface area contributed by atoms with Gasteiger partial charge in [0.2, 0.25) is 0 Å². The predicted octanol–water partition coefficient (Wildman–Crippen LogP) is 4.38. The molecule has 1 heteroatoms. The number of hydrogen-bond acceptors (Lipinski definition) is 0. The minimum atomic E-state index is 0.909. The highest BCUT2D eigenvalue weighted by Crippen LogP contribution is 2.33. The van der Waals surface area contributed by atoms with E-state index < -0.39 is 0 Å². The molecule has 0 fully saturated rings. The molecule has 1 atom stereocenters. The van der Waals surface area contributed by atoms with Crippen LogP contribution in [0.5, 0.6) is 0 Å². The van der Waals surface area contributed by atoms with Crippen molar-refractivity contribution in [1.29, 1.82) is 0 Å². The maximum atomic E-state index is 3.61. The Morgan fingerprint density at radius 3 is 3.06 bits per heavy atom. The van der Waals surface area contributed by atoms with Crippen LogP contribution in [-0.2, 0) is 12.8 Å². The van der Waals surface area contributed by atoms with Crippen LogP contribution in [0.3, 0.4) is 0 Å². The maximum Gasteiger partial charge on any atom is 0.0459 e. The summed E-state index contributed by atoms with van der Waals surface area (Å²) >= 11 is 0. The molecule has 1 aromatic heterocycles. The Labute approximate surface area is 103 Å². The molecule has 0 aliphatic heterocycles. The zero-order valence-corrected chi connectivity index (χ0v) is 10.8. The molecule has 0 saturated carbocycles. The molecular weight excluding hydrogens is 206 g/mol. The highest BCUT2D eigenvalue weighted by molar-refractivity contribution is 5.85.